The Labute approximate surface area is 177 Å². The molecule has 1 aliphatic rings. The number of hydrogen-bond acceptors (Lipinski definition) is 8. The second-order valence-corrected chi connectivity index (χ2v) is 8.32. The molecule has 0 bridgehead atoms. The van der Waals surface area contributed by atoms with E-state index >= 15 is 0 Å². The van der Waals surface area contributed by atoms with Crippen LogP contribution in [0, 0.1) is 0 Å². The molecule has 2 aromatic heterocycles. The molecule has 0 radical (unpaired) electrons. The Hall–Kier alpha value is -2.88. The summed E-state index contributed by atoms with van der Waals surface area (Å²) in [6, 6.07) is 10.1. The van der Waals surface area contributed by atoms with Crippen molar-refractivity contribution in [3.8, 4) is 0 Å². The number of carbonyl (C=O) groups excluding carboxylic acids is 1. The van der Waals surface area contributed by atoms with Crippen LogP contribution in [0.1, 0.15) is 15.4 Å². The molecule has 3 aromatic rings. The van der Waals surface area contributed by atoms with Gasteiger partial charge in [0.15, 0.2) is 5.13 Å². The second kappa shape index (κ2) is 8.64. The molecule has 5 N–H and O–H groups in total. The van der Waals surface area contributed by atoms with Crippen LogP contribution in [-0.4, -0.2) is 37.1 Å². The van der Waals surface area contributed by atoms with Gasteiger partial charge in [0, 0.05) is 31.6 Å². The van der Waals surface area contributed by atoms with E-state index in [0.717, 1.165) is 48.9 Å². The molecule has 9 heteroatoms. The molecular formula is C20H22N6OS2. The predicted octanol–water partition coefficient (Wildman–Crippen LogP) is 3.54. The maximum absolute atomic E-state index is 11.5. The maximum atomic E-state index is 11.5. The summed E-state index contributed by atoms with van der Waals surface area (Å²) in [7, 11) is 0. The number of thiophene rings is 1. The van der Waals surface area contributed by atoms with Crippen molar-refractivity contribution >= 4 is 56.5 Å². The first-order chi connectivity index (χ1) is 14.1. The monoisotopic (exact) mass is 426 g/mol. The van der Waals surface area contributed by atoms with E-state index in [1.54, 1.807) is 0 Å². The summed E-state index contributed by atoms with van der Waals surface area (Å²) in [4.78, 5) is 18.9. The molecule has 4 rings (SSSR count). The highest BCUT2D eigenvalue weighted by Gasteiger charge is 2.16. The van der Waals surface area contributed by atoms with Gasteiger partial charge < -0.3 is 26.6 Å². The molecule has 150 valence electrons. The van der Waals surface area contributed by atoms with Crippen molar-refractivity contribution in [3.63, 3.8) is 0 Å². The highest BCUT2D eigenvalue weighted by atomic mass is 32.1. The van der Waals surface area contributed by atoms with Crippen LogP contribution in [0.15, 0.2) is 47.7 Å². The summed E-state index contributed by atoms with van der Waals surface area (Å²) in [5.41, 5.74) is 9.73. The first kappa shape index (κ1) is 19.4. The Kier molecular flexibility index (Phi) is 5.79. The SMILES string of the molecule is C=C(Nc1ccccc1N1CCNCC1)c1csc(Nc2ccsc2C(N)=O)n1. The van der Waals surface area contributed by atoms with Crippen molar-refractivity contribution < 1.29 is 4.79 Å². The molecule has 1 amide bonds. The molecule has 1 aliphatic heterocycles. The van der Waals surface area contributed by atoms with Gasteiger partial charge in [0.2, 0.25) is 0 Å². The summed E-state index contributed by atoms with van der Waals surface area (Å²) in [6.45, 7) is 8.06. The van der Waals surface area contributed by atoms with Crippen molar-refractivity contribution in [2.24, 2.45) is 5.73 Å². The van der Waals surface area contributed by atoms with Gasteiger partial charge in [-0.2, -0.15) is 0 Å². The number of rotatable bonds is 7. The van der Waals surface area contributed by atoms with E-state index in [0.29, 0.717) is 15.7 Å². The number of aromatic nitrogens is 1. The number of carbonyl (C=O) groups is 1. The normalized spacial score (nSPS) is 13.9. The lowest BCUT2D eigenvalue weighted by Gasteiger charge is -2.31. The van der Waals surface area contributed by atoms with Gasteiger partial charge in [0.25, 0.3) is 5.91 Å². The Bertz CT molecular complexity index is 1020. The van der Waals surface area contributed by atoms with Gasteiger partial charge in [-0.05, 0) is 23.6 Å². The van der Waals surface area contributed by atoms with Crippen LogP contribution in [0.2, 0.25) is 0 Å². The molecule has 29 heavy (non-hydrogen) atoms. The van der Waals surface area contributed by atoms with Gasteiger partial charge in [0.05, 0.1) is 28.5 Å². The zero-order chi connectivity index (χ0) is 20.2. The summed E-state index contributed by atoms with van der Waals surface area (Å²) in [5.74, 6) is -0.449. The molecule has 0 aliphatic carbocycles. The smallest absolute Gasteiger partial charge is 0.260 e. The number of nitrogens with one attached hydrogen (secondary N) is 3. The van der Waals surface area contributed by atoms with Gasteiger partial charge in [0.1, 0.15) is 4.88 Å². The Morgan fingerprint density at radius 3 is 2.76 bits per heavy atom. The van der Waals surface area contributed by atoms with E-state index < -0.39 is 5.91 Å². The van der Waals surface area contributed by atoms with Crippen LogP contribution >= 0.6 is 22.7 Å². The number of nitrogens with two attached hydrogens (primary N) is 1. The Morgan fingerprint density at radius 2 is 1.97 bits per heavy atom. The molecule has 7 nitrogen and oxygen atoms in total. The number of amides is 1. The third-order valence-corrected chi connectivity index (χ3v) is 6.28. The fourth-order valence-corrected chi connectivity index (χ4v) is 4.61. The summed E-state index contributed by atoms with van der Waals surface area (Å²) in [6.07, 6.45) is 0. The number of hydrogen-bond donors (Lipinski definition) is 4. The molecule has 3 heterocycles. The van der Waals surface area contributed by atoms with Gasteiger partial charge in [-0.3, -0.25) is 4.79 Å². The number of anilines is 4. The largest absolute Gasteiger partial charge is 0.367 e. The zero-order valence-corrected chi connectivity index (χ0v) is 17.4. The van der Waals surface area contributed by atoms with E-state index in [1.165, 1.54) is 22.7 Å². The minimum atomic E-state index is -0.449. The highest BCUT2D eigenvalue weighted by Crippen LogP contribution is 2.31. The fraction of sp³-hybridized carbons (Fsp3) is 0.200. The van der Waals surface area contributed by atoms with Crippen LogP contribution < -0.4 is 26.6 Å². The Balaban J connectivity index is 1.47. The number of benzene rings is 1. The maximum Gasteiger partial charge on any atom is 0.260 e. The molecule has 0 spiro atoms. The lowest BCUT2D eigenvalue weighted by molar-refractivity contribution is 0.100. The quantitative estimate of drug-likeness (QED) is 0.462. The number of nitrogens with zero attached hydrogens (tertiary/aromatic N) is 2. The number of piperazine rings is 1. The average Bonchev–Trinajstić information content (AvgIpc) is 3.39. The highest BCUT2D eigenvalue weighted by molar-refractivity contribution is 7.14. The first-order valence-corrected chi connectivity index (χ1v) is 11.0. The zero-order valence-electron chi connectivity index (χ0n) is 15.8. The van der Waals surface area contributed by atoms with Gasteiger partial charge >= 0.3 is 0 Å². The molecule has 1 saturated heterocycles. The van der Waals surface area contributed by atoms with Crippen molar-refractivity contribution in [2.75, 3.05) is 41.7 Å². The van der Waals surface area contributed by atoms with E-state index in [9.17, 15) is 4.79 Å². The van der Waals surface area contributed by atoms with Gasteiger partial charge in [-0.25, -0.2) is 4.98 Å². The van der Waals surface area contributed by atoms with E-state index in [1.807, 2.05) is 29.0 Å². The van der Waals surface area contributed by atoms with Crippen molar-refractivity contribution in [3.05, 3.63) is 58.2 Å². The topological polar surface area (TPSA) is 95.3 Å². The van der Waals surface area contributed by atoms with Crippen LogP contribution in [-0.2, 0) is 0 Å². The van der Waals surface area contributed by atoms with Crippen LogP contribution in [0.4, 0.5) is 22.2 Å². The predicted molar refractivity (Wildman–Crippen MR) is 122 cm³/mol. The van der Waals surface area contributed by atoms with Crippen LogP contribution in [0.25, 0.3) is 5.70 Å². The molecule has 0 unspecified atom stereocenters. The van der Waals surface area contributed by atoms with Crippen LogP contribution in [0.5, 0.6) is 0 Å². The van der Waals surface area contributed by atoms with Crippen LogP contribution in [0.3, 0.4) is 0 Å². The van der Waals surface area contributed by atoms with E-state index in [2.05, 4.69) is 44.5 Å². The van der Waals surface area contributed by atoms with E-state index in [-0.39, 0.29) is 0 Å². The summed E-state index contributed by atoms with van der Waals surface area (Å²) in [5, 5.41) is 14.4. The average molecular weight is 427 g/mol. The number of para-hydroxylation sites is 2. The minimum Gasteiger partial charge on any atom is -0.367 e. The third-order valence-electron chi connectivity index (χ3n) is 4.59. The lowest BCUT2D eigenvalue weighted by Crippen LogP contribution is -2.43. The minimum absolute atomic E-state index is 0.449. The molecule has 0 saturated carbocycles. The molecule has 1 fully saturated rings. The van der Waals surface area contributed by atoms with Crippen molar-refractivity contribution in [1.82, 2.24) is 10.3 Å². The first-order valence-electron chi connectivity index (χ1n) is 9.22. The number of primary amides is 1. The Morgan fingerprint density at radius 1 is 1.17 bits per heavy atom. The van der Waals surface area contributed by atoms with Gasteiger partial charge in [-0.1, -0.05) is 18.7 Å². The number of thiazole rings is 1. The van der Waals surface area contributed by atoms with Crippen molar-refractivity contribution in [1.29, 1.82) is 0 Å². The summed E-state index contributed by atoms with van der Waals surface area (Å²) < 4.78 is 0. The molecular weight excluding hydrogens is 404 g/mol. The third kappa shape index (κ3) is 4.42. The lowest BCUT2D eigenvalue weighted by atomic mass is 10.2. The van der Waals surface area contributed by atoms with Gasteiger partial charge in [-0.15, -0.1) is 22.7 Å². The van der Waals surface area contributed by atoms with E-state index in [4.69, 9.17) is 5.73 Å². The molecule has 1 aromatic carbocycles. The second-order valence-electron chi connectivity index (χ2n) is 6.55. The van der Waals surface area contributed by atoms with Crippen molar-refractivity contribution in [2.45, 2.75) is 0 Å². The molecule has 0 atom stereocenters. The summed E-state index contributed by atoms with van der Waals surface area (Å²) >= 11 is 2.76. The fourth-order valence-electron chi connectivity index (χ4n) is 3.17. The standard InChI is InChI=1S/C20H22N6OS2/c1-13(23-14-4-2-3-5-17(14)26-9-7-22-8-10-26)16-12-29-20(25-16)24-15-6-11-28-18(15)19(21)27/h2-6,11-12,22-23H,1,7-10H2,(H2,21,27)(H,24,25).